The Hall–Kier alpha value is -2.36. The summed E-state index contributed by atoms with van der Waals surface area (Å²) in [6.07, 6.45) is 4.70. The van der Waals surface area contributed by atoms with Gasteiger partial charge in [-0.25, -0.2) is 17.9 Å². The van der Waals surface area contributed by atoms with Crippen LogP contribution in [0.4, 0.5) is 0 Å². The number of carbonyl (C=O) groups excluding carboxylic acids is 1. The molecule has 2 aromatic heterocycles. The summed E-state index contributed by atoms with van der Waals surface area (Å²) >= 11 is 12.3. The Morgan fingerprint density at radius 3 is 2.55 bits per heavy atom. The smallest absolute Gasteiger partial charge is 0.346 e. The van der Waals surface area contributed by atoms with Crippen LogP contribution in [-0.2, 0) is 29.9 Å². The Kier molecular flexibility index (Phi) is 6.02. The molecule has 0 N–H and O–H groups in total. The van der Waals surface area contributed by atoms with Crippen LogP contribution in [0.15, 0.2) is 35.5 Å². The first kappa shape index (κ1) is 21.4. The lowest BCUT2D eigenvalue weighted by molar-refractivity contribution is 0.0720. The minimum absolute atomic E-state index is 0.000486. The van der Waals surface area contributed by atoms with Gasteiger partial charge in [0.1, 0.15) is 0 Å². The zero-order valence-corrected chi connectivity index (χ0v) is 18.2. The quantitative estimate of drug-likeness (QED) is 0.528. The number of halogens is 2. The number of aryl methyl sites for hydroxylation is 2. The van der Waals surface area contributed by atoms with Crippen LogP contribution in [0.25, 0.3) is 0 Å². The lowest BCUT2D eigenvalue weighted by Gasteiger charge is -2.14. The molecule has 0 aliphatic heterocycles. The summed E-state index contributed by atoms with van der Waals surface area (Å²) in [5.74, 6) is -0.462. The average Bonchev–Trinajstić information content (AvgIpc) is 3.20. The Bertz CT molecular complexity index is 1180. The summed E-state index contributed by atoms with van der Waals surface area (Å²) in [5.41, 5.74) is 1.03. The van der Waals surface area contributed by atoms with Gasteiger partial charge in [-0.1, -0.05) is 30.1 Å². The fourth-order valence-corrected chi connectivity index (χ4v) is 4.21. The third kappa shape index (κ3) is 4.63. The van der Waals surface area contributed by atoms with E-state index in [0.717, 1.165) is 11.9 Å². The number of esters is 1. The molecule has 0 aliphatic carbocycles. The minimum Gasteiger partial charge on any atom is -0.404 e. The molecule has 0 aliphatic rings. The summed E-state index contributed by atoms with van der Waals surface area (Å²) in [4.78, 5) is 12.7. The van der Waals surface area contributed by atoms with E-state index in [0.29, 0.717) is 11.4 Å². The third-order valence-electron chi connectivity index (χ3n) is 4.19. The maximum Gasteiger partial charge on any atom is 0.346 e. The van der Waals surface area contributed by atoms with E-state index in [1.165, 1.54) is 33.9 Å². The van der Waals surface area contributed by atoms with Crippen LogP contribution in [0.3, 0.4) is 0 Å². The fraction of sp³-hybridized carbons (Fsp3) is 0.278. The number of carbonyl (C=O) groups is 1. The van der Waals surface area contributed by atoms with E-state index in [4.69, 9.17) is 27.9 Å². The van der Waals surface area contributed by atoms with Crippen molar-refractivity contribution < 1.29 is 17.9 Å². The van der Waals surface area contributed by atoms with Crippen molar-refractivity contribution in [3.8, 4) is 5.88 Å². The van der Waals surface area contributed by atoms with Gasteiger partial charge in [-0.2, -0.15) is 10.2 Å². The molecule has 0 saturated heterocycles. The van der Waals surface area contributed by atoms with Gasteiger partial charge in [0.2, 0.25) is 5.88 Å². The lowest BCUT2D eigenvalue weighted by Crippen LogP contribution is -2.15. The number of rotatable bonds is 6. The highest BCUT2D eigenvalue weighted by Crippen LogP contribution is 2.30. The molecule has 1 aromatic carbocycles. The molecule has 0 bridgehead atoms. The van der Waals surface area contributed by atoms with Crippen LogP contribution in [0.2, 0.25) is 10.0 Å². The average molecular weight is 457 g/mol. The Morgan fingerprint density at radius 2 is 2.00 bits per heavy atom. The van der Waals surface area contributed by atoms with Gasteiger partial charge in [0.05, 0.1) is 38.9 Å². The molecule has 29 heavy (non-hydrogen) atoms. The van der Waals surface area contributed by atoms with Gasteiger partial charge < -0.3 is 4.74 Å². The largest absolute Gasteiger partial charge is 0.404 e. The van der Waals surface area contributed by atoms with Gasteiger partial charge in [-0.15, -0.1) is 0 Å². The van der Waals surface area contributed by atoms with Gasteiger partial charge in [0.25, 0.3) is 0 Å². The van der Waals surface area contributed by atoms with E-state index in [1.807, 2.05) is 6.92 Å². The second-order valence-electron chi connectivity index (χ2n) is 6.37. The monoisotopic (exact) mass is 456 g/mol. The molecule has 0 amide bonds. The van der Waals surface area contributed by atoms with Crippen molar-refractivity contribution in [2.75, 3.05) is 6.26 Å². The van der Waals surface area contributed by atoms with Gasteiger partial charge in [0, 0.05) is 31.1 Å². The summed E-state index contributed by atoms with van der Waals surface area (Å²) in [5, 5.41) is 8.63. The molecule has 2 heterocycles. The topological polar surface area (TPSA) is 96.1 Å². The summed E-state index contributed by atoms with van der Waals surface area (Å²) in [6, 6.07) is 4.32. The number of aromatic nitrogens is 4. The second kappa shape index (κ2) is 8.17. The summed E-state index contributed by atoms with van der Waals surface area (Å²) in [6.45, 7) is 1.95. The third-order valence-corrected chi connectivity index (χ3v) is 6.00. The predicted octanol–water partition coefficient (Wildman–Crippen LogP) is 3.16. The molecule has 0 unspecified atom stereocenters. The maximum absolute atomic E-state index is 12.7. The van der Waals surface area contributed by atoms with Crippen molar-refractivity contribution in [2.24, 2.45) is 7.05 Å². The second-order valence-corrected chi connectivity index (χ2v) is 9.17. The standard InChI is InChI=1S/C18H18Cl2N4O4S/c1-4-12-7-16(23(2)22-12)28-18(25)13-5-6-15(29(3,26)27)14(17(13)20)10-24-9-11(19)8-21-24/h5-9H,4,10H2,1-3H3. The minimum atomic E-state index is -3.60. The predicted molar refractivity (Wildman–Crippen MR) is 108 cm³/mol. The zero-order valence-electron chi connectivity index (χ0n) is 15.9. The van der Waals surface area contributed by atoms with Crippen molar-refractivity contribution in [1.82, 2.24) is 19.6 Å². The molecule has 0 radical (unpaired) electrons. The van der Waals surface area contributed by atoms with Crippen LogP contribution in [0.1, 0.15) is 28.5 Å². The van der Waals surface area contributed by atoms with Gasteiger partial charge in [0.15, 0.2) is 9.84 Å². The van der Waals surface area contributed by atoms with E-state index < -0.39 is 15.8 Å². The van der Waals surface area contributed by atoms with E-state index in [1.54, 1.807) is 13.1 Å². The summed E-state index contributed by atoms with van der Waals surface area (Å²) in [7, 11) is -1.95. The number of nitrogens with zero attached hydrogens (tertiary/aromatic N) is 4. The Morgan fingerprint density at radius 1 is 1.28 bits per heavy atom. The first-order chi connectivity index (χ1) is 13.6. The van der Waals surface area contributed by atoms with E-state index in [9.17, 15) is 13.2 Å². The molecule has 0 saturated carbocycles. The SMILES string of the molecule is CCc1cc(OC(=O)c2ccc(S(C)(=O)=O)c(Cn3cc(Cl)cn3)c2Cl)n(C)n1. The van der Waals surface area contributed by atoms with Crippen molar-refractivity contribution in [2.45, 2.75) is 24.8 Å². The highest BCUT2D eigenvalue weighted by molar-refractivity contribution is 7.90. The molecule has 3 rings (SSSR count). The maximum atomic E-state index is 12.7. The van der Waals surface area contributed by atoms with Gasteiger partial charge in [-0.05, 0) is 18.6 Å². The van der Waals surface area contributed by atoms with Crippen molar-refractivity contribution in [3.05, 3.63) is 57.5 Å². The molecular weight excluding hydrogens is 439 g/mol. The van der Waals surface area contributed by atoms with Crippen LogP contribution in [-0.4, -0.2) is 40.2 Å². The van der Waals surface area contributed by atoms with Gasteiger partial charge >= 0.3 is 5.97 Å². The number of benzene rings is 1. The van der Waals surface area contributed by atoms with E-state index in [-0.39, 0.29) is 33.5 Å². The number of sulfone groups is 1. The normalized spacial score (nSPS) is 11.6. The lowest BCUT2D eigenvalue weighted by atomic mass is 10.1. The first-order valence-corrected chi connectivity index (χ1v) is 11.2. The van der Waals surface area contributed by atoms with Crippen LogP contribution < -0.4 is 4.74 Å². The molecule has 0 fully saturated rings. The van der Waals surface area contributed by atoms with E-state index in [2.05, 4.69) is 10.2 Å². The van der Waals surface area contributed by atoms with Crippen molar-refractivity contribution in [1.29, 1.82) is 0 Å². The van der Waals surface area contributed by atoms with E-state index >= 15 is 0 Å². The molecule has 0 spiro atoms. The highest BCUT2D eigenvalue weighted by atomic mass is 35.5. The number of hydrogen-bond acceptors (Lipinski definition) is 6. The molecule has 3 aromatic rings. The number of ether oxygens (including phenoxy) is 1. The first-order valence-electron chi connectivity index (χ1n) is 8.54. The highest BCUT2D eigenvalue weighted by Gasteiger charge is 2.24. The molecule has 154 valence electrons. The molecular formula is C18H18Cl2N4O4S. The molecule has 11 heteroatoms. The molecule has 0 atom stereocenters. The fourth-order valence-electron chi connectivity index (χ4n) is 2.77. The Labute approximate surface area is 177 Å². The van der Waals surface area contributed by atoms with Crippen LogP contribution in [0, 0.1) is 0 Å². The van der Waals surface area contributed by atoms with Crippen LogP contribution in [0.5, 0.6) is 5.88 Å². The number of hydrogen-bond donors (Lipinski definition) is 0. The Balaban J connectivity index is 2.02. The van der Waals surface area contributed by atoms with Crippen LogP contribution >= 0.6 is 23.2 Å². The zero-order chi connectivity index (χ0) is 21.3. The molecule has 8 nitrogen and oxygen atoms in total. The van der Waals surface area contributed by atoms with Crippen molar-refractivity contribution >= 4 is 39.0 Å². The summed E-state index contributed by atoms with van der Waals surface area (Å²) < 4.78 is 32.7. The van der Waals surface area contributed by atoms with Crippen molar-refractivity contribution in [3.63, 3.8) is 0 Å². The van der Waals surface area contributed by atoms with Gasteiger partial charge in [-0.3, -0.25) is 4.68 Å².